The molecule has 2 heterocycles. The van der Waals surface area contributed by atoms with E-state index in [2.05, 4.69) is 5.32 Å². The fourth-order valence-electron chi connectivity index (χ4n) is 2.42. The number of halogens is 1. The molecule has 1 aliphatic heterocycles. The molecule has 0 saturated carbocycles. The second-order valence-corrected chi connectivity index (χ2v) is 6.18. The van der Waals surface area contributed by atoms with Crippen LogP contribution in [-0.4, -0.2) is 41.6 Å². The number of aromatic nitrogens is 1. The van der Waals surface area contributed by atoms with Gasteiger partial charge in [0.2, 0.25) is 5.91 Å². The minimum absolute atomic E-state index is 0.0749. The minimum Gasteiger partial charge on any atom is -0.340 e. The Morgan fingerprint density at radius 1 is 1.35 bits per heavy atom. The van der Waals surface area contributed by atoms with Crippen LogP contribution in [0.4, 0.5) is 0 Å². The fraction of sp³-hybridized carbons (Fsp3) is 0.571. The van der Waals surface area contributed by atoms with Gasteiger partial charge in [0.25, 0.3) is 5.56 Å². The molecule has 1 amide bonds. The third-order valence-corrected chi connectivity index (χ3v) is 3.72. The van der Waals surface area contributed by atoms with E-state index < -0.39 is 5.41 Å². The smallest absolute Gasteiger partial charge is 0.250 e. The first-order valence-corrected chi connectivity index (χ1v) is 7.14. The molecule has 1 saturated heterocycles. The molecule has 0 radical (unpaired) electrons. The van der Waals surface area contributed by atoms with E-state index in [4.69, 9.17) is 11.6 Å². The first kappa shape index (κ1) is 15.1. The summed E-state index contributed by atoms with van der Waals surface area (Å²) >= 11 is 5.91. The molecule has 0 unspecified atom stereocenters. The van der Waals surface area contributed by atoms with Crippen molar-refractivity contribution in [1.29, 1.82) is 0 Å². The van der Waals surface area contributed by atoms with Crippen LogP contribution >= 0.6 is 11.6 Å². The Morgan fingerprint density at radius 2 is 2.00 bits per heavy atom. The van der Waals surface area contributed by atoms with Crippen molar-refractivity contribution in [2.75, 3.05) is 26.2 Å². The Labute approximate surface area is 123 Å². The largest absolute Gasteiger partial charge is 0.340 e. The average molecular weight is 298 g/mol. The molecule has 110 valence electrons. The zero-order valence-corrected chi connectivity index (χ0v) is 12.6. The standard InChI is InChI=1S/C14H20ClN3O2/c1-14(2,13(20)17-7-5-16-6-8-17)10-18-9-11(15)3-4-12(18)19/h3-4,9,16H,5-8,10H2,1-2H3. The van der Waals surface area contributed by atoms with Gasteiger partial charge < -0.3 is 14.8 Å². The van der Waals surface area contributed by atoms with Crippen molar-refractivity contribution in [3.8, 4) is 0 Å². The quantitative estimate of drug-likeness (QED) is 0.904. The molecule has 6 heteroatoms. The highest BCUT2D eigenvalue weighted by Crippen LogP contribution is 2.22. The molecular formula is C14H20ClN3O2. The van der Waals surface area contributed by atoms with Crippen molar-refractivity contribution in [2.24, 2.45) is 5.41 Å². The number of piperazine rings is 1. The highest BCUT2D eigenvalue weighted by molar-refractivity contribution is 6.30. The highest BCUT2D eigenvalue weighted by Gasteiger charge is 2.33. The van der Waals surface area contributed by atoms with Crippen LogP contribution in [0.5, 0.6) is 0 Å². The molecule has 0 aromatic carbocycles. The van der Waals surface area contributed by atoms with Gasteiger partial charge in [-0.15, -0.1) is 0 Å². The molecule has 0 atom stereocenters. The number of nitrogens with zero attached hydrogens (tertiary/aromatic N) is 2. The van der Waals surface area contributed by atoms with Gasteiger partial charge in [0, 0.05) is 45.0 Å². The number of hydrogen-bond donors (Lipinski definition) is 1. The van der Waals surface area contributed by atoms with Gasteiger partial charge in [-0.05, 0) is 19.9 Å². The molecule has 1 aromatic rings. The Morgan fingerprint density at radius 3 is 2.65 bits per heavy atom. The molecule has 20 heavy (non-hydrogen) atoms. The van der Waals surface area contributed by atoms with Crippen LogP contribution in [0.15, 0.2) is 23.1 Å². The summed E-state index contributed by atoms with van der Waals surface area (Å²) < 4.78 is 1.50. The normalized spacial score (nSPS) is 16.2. The van der Waals surface area contributed by atoms with Crippen LogP contribution in [0.1, 0.15) is 13.8 Å². The Balaban J connectivity index is 2.15. The van der Waals surface area contributed by atoms with E-state index in [1.165, 1.54) is 10.6 Å². The van der Waals surface area contributed by atoms with E-state index in [1.807, 2.05) is 18.7 Å². The Kier molecular flexibility index (Phi) is 4.50. The van der Waals surface area contributed by atoms with Gasteiger partial charge in [-0.2, -0.15) is 0 Å². The Bertz CT molecular complexity index is 548. The molecule has 0 spiro atoms. The second kappa shape index (κ2) is 5.97. The summed E-state index contributed by atoms with van der Waals surface area (Å²) in [6.07, 6.45) is 1.58. The van der Waals surface area contributed by atoms with Crippen LogP contribution in [0.25, 0.3) is 0 Å². The van der Waals surface area contributed by atoms with Crippen LogP contribution < -0.4 is 10.9 Å². The van der Waals surface area contributed by atoms with E-state index in [0.717, 1.165) is 13.1 Å². The van der Waals surface area contributed by atoms with Crippen LogP contribution in [-0.2, 0) is 11.3 Å². The lowest BCUT2D eigenvalue weighted by atomic mass is 9.91. The molecule has 2 rings (SSSR count). The number of carbonyl (C=O) groups is 1. The van der Waals surface area contributed by atoms with Gasteiger partial charge in [0.05, 0.1) is 10.4 Å². The number of nitrogens with one attached hydrogen (secondary N) is 1. The summed E-state index contributed by atoms with van der Waals surface area (Å²) in [5.41, 5.74) is -0.776. The predicted molar refractivity (Wildman–Crippen MR) is 78.9 cm³/mol. The highest BCUT2D eigenvalue weighted by atomic mass is 35.5. The predicted octanol–water partition coefficient (Wildman–Crippen LogP) is 0.960. The van der Waals surface area contributed by atoms with E-state index in [1.54, 1.807) is 12.3 Å². The van der Waals surface area contributed by atoms with Crippen molar-refractivity contribution in [1.82, 2.24) is 14.8 Å². The molecule has 5 nitrogen and oxygen atoms in total. The maximum atomic E-state index is 12.6. The molecule has 1 aliphatic rings. The lowest BCUT2D eigenvalue weighted by Gasteiger charge is -2.34. The molecule has 1 fully saturated rings. The zero-order valence-electron chi connectivity index (χ0n) is 11.9. The van der Waals surface area contributed by atoms with Crippen molar-refractivity contribution in [3.05, 3.63) is 33.7 Å². The number of pyridine rings is 1. The molecular weight excluding hydrogens is 278 g/mol. The number of hydrogen-bond acceptors (Lipinski definition) is 3. The first-order chi connectivity index (χ1) is 9.40. The van der Waals surface area contributed by atoms with E-state index >= 15 is 0 Å². The second-order valence-electron chi connectivity index (χ2n) is 5.74. The van der Waals surface area contributed by atoms with E-state index in [0.29, 0.717) is 24.7 Å². The number of amides is 1. The summed E-state index contributed by atoms with van der Waals surface area (Å²) in [6, 6.07) is 2.99. The van der Waals surface area contributed by atoms with Gasteiger partial charge in [-0.3, -0.25) is 9.59 Å². The fourth-order valence-corrected chi connectivity index (χ4v) is 2.60. The van der Waals surface area contributed by atoms with E-state index in [9.17, 15) is 9.59 Å². The third-order valence-electron chi connectivity index (χ3n) is 3.50. The number of rotatable bonds is 3. The summed E-state index contributed by atoms with van der Waals surface area (Å²) in [5, 5.41) is 3.72. The first-order valence-electron chi connectivity index (χ1n) is 6.76. The van der Waals surface area contributed by atoms with Gasteiger partial charge in [-0.25, -0.2) is 0 Å². The summed E-state index contributed by atoms with van der Waals surface area (Å²) in [7, 11) is 0. The monoisotopic (exact) mass is 297 g/mol. The van der Waals surface area contributed by atoms with Crippen LogP contribution in [0, 0.1) is 5.41 Å². The summed E-state index contributed by atoms with van der Waals surface area (Å²) in [5.74, 6) is 0.0749. The summed E-state index contributed by atoms with van der Waals surface area (Å²) in [4.78, 5) is 26.2. The van der Waals surface area contributed by atoms with Crippen molar-refractivity contribution >= 4 is 17.5 Å². The van der Waals surface area contributed by atoms with Gasteiger partial charge >= 0.3 is 0 Å². The lowest BCUT2D eigenvalue weighted by Crippen LogP contribution is -2.51. The van der Waals surface area contributed by atoms with Crippen molar-refractivity contribution in [2.45, 2.75) is 20.4 Å². The Hall–Kier alpha value is -1.33. The van der Waals surface area contributed by atoms with Crippen molar-refractivity contribution in [3.63, 3.8) is 0 Å². The lowest BCUT2D eigenvalue weighted by molar-refractivity contribution is -0.141. The van der Waals surface area contributed by atoms with Gasteiger partial charge in [-0.1, -0.05) is 11.6 Å². The zero-order chi connectivity index (χ0) is 14.8. The van der Waals surface area contributed by atoms with Gasteiger partial charge in [0.1, 0.15) is 0 Å². The maximum absolute atomic E-state index is 12.6. The van der Waals surface area contributed by atoms with Crippen molar-refractivity contribution < 1.29 is 4.79 Å². The molecule has 0 aliphatic carbocycles. The van der Waals surface area contributed by atoms with Crippen LogP contribution in [0.3, 0.4) is 0 Å². The third kappa shape index (κ3) is 3.41. The summed E-state index contributed by atoms with van der Waals surface area (Å²) in [6.45, 7) is 7.13. The molecule has 1 N–H and O–H groups in total. The maximum Gasteiger partial charge on any atom is 0.250 e. The van der Waals surface area contributed by atoms with E-state index in [-0.39, 0.29) is 11.5 Å². The molecule has 1 aromatic heterocycles. The van der Waals surface area contributed by atoms with Crippen LogP contribution in [0.2, 0.25) is 5.02 Å². The average Bonchev–Trinajstić information content (AvgIpc) is 2.43. The number of carbonyl (C=O) groups excluding carboxylic acids is 1. The topological polar surface area (TPSA) is 54.3 Å². The molecule has 0 bridgehead atoms. The minimum atomic E-state index is -0.633. The SMILES string of the molecule is CC(C)(Cn1cc(Cl)ccc1=O)C(=O)N1CCNCC1. The van der Waals surface area contributed by atoms with Gasteiger partial charge in [0.15, 0.2) is 0 Å².